The van der Waals surface area contributed by atoms with Gasteiger partial charge < -0.3 is 18.2 Å². The molecule has 0 radical (unpaired) electrons. The standard InChI is InChI=1S/C2H3NO3.2C2H4O2.2Na.2H/c4-2(5)1-3-6;2*1-2(3)4;;;;/h1H2,(H,4,5);2*1H3,(H,3,4);;;;/q;;;2*+1;2*-1. The molecule has 0 rings (SSSR count). The van der Waals surface area contributed by atoms with Gasteiger partial charge in [-0.1, -0.05) is 5.18 Å². The molecule has 0 heterocycles. The molecule has 0 unspecified atom stereocenters. The number of hydrogen-bond donors (Lipinski definition) is 3. The molecule has 0 saturated heterocycles. The summed E-state index contributed by atoms with van der Waals surface area (Å²) in [6.07, 6.45) is 0. The minimum atomic E-state index is -1.19. The van der Waals surface area contributed by atoms with E-state index in [1.54, 1.807) is 0 Å². The summed E-state index contributed by atoms with van der Waals surface area (Å²) in [7, 11) is 0. The van der Waals surface area contributed by atoms with Crippen molar-refractivity contribution in [2.24, 2.45) is 5.18 Å². The molecular formula is C6H13NNa2O7. The molecule has 16 heavy (non-hydrogen) atoms. The number of carboxylic acid groups (broad SMARTS) is 3. The van der Waals surface area contributed by atoms with Gasteiger partial charge in [0.1, 0.15) is 0 Å². The van der Waals surface area contributed by atoms with Gasteiger partial charge in [0.05, 0.1) is 0 Å². The molecule has 8 nitrogen and oxygen atoms in total. The third-order valence-corrected chi connectivity index (χ3v) is 0.200. The normalized spacial score (nSPS) is 5.88. The van der Waals surface area contributed by atoms with Gasteiger partial charge in [0, 0.05) is 13.8 Å². The van der Waals surface area contributed by atoms with Crippen LogP contribution in [0.15, 0.2) is 5.18 Å². The van der Waals surface area contributed by atoms with Crippen LogP contribution in [0.3, 0.4) is 0 Å². The Morgan fingerprint density at radius 1 is 1.00 bits per heavy atom. The van der Waals surface area contributed by atoms with E-state index in [4.69, 9.17) is 29.8 Å². The van der Waals surface area contributed by atoms with Crippen LogP contribution in [0.1, 0.15) is 16.7 Å². The van der Waals surface area contributed by atoms with Crippen molar-refractivity contribution in [1.29, 1.82) is 0 Å². The smallest absolute Gasteiger partial charge is 1.00 e. The second kappa shape index (κ2) is 24.3. The maximum Gasteiger partial charge on any atom is 1.00 e. The fourth-order valence-electron chi connectivity index (χ4n) is 0.0552. The largest absolute Gasteiger partial charge is 1.00 e. The molecule has 0 saturated carbocycles. The Labute approximate surface area is 139 Å². The molecule has 0 aliphatic carbocycles. The Balaban J connectivity index is -0.0000000186. The summed E-state index contributed by atoms with van der Waals surface area (Å²) in [6.45, 7) is 1.53. The Kier molecular flexibility index (Phi) is 45.2. The molecule has 0 amide bonds. The van der Waals surface area contributed by atoms with Crippen LogP contribution in [0, 0.1) is 4.91 Å². The van der Waals surface area contributed by atoms with Gasteiger partial charge in [0.25, 0.3) is 11.9 Å². The molecule has 0 aliphatic rings. The van der Waals surface area contributed by atoms with Crippen molar-refractivity contribution in [3.63, 3.8) is 0 Å². The summed E-state index contributed by atoms with van der Waals surface area (Å²) in [6, 6.07) is 0. The summed E-state index contributed by atoms with van der Waals surface area (Å²) < 4.78 is 0. The molecule has 0 aromatic carbocycles. The van der Waals surface area contributed by atoms with Crippen LogP contribution < -0.4 is 59.1 Å². The maximum atomic E-state index is 9.31. The van der Waals surface area contributed by atoms with Crippen LogP contribution in [0.25, 0.3) is 0 Å². The van der Waals surface area contributed by atoms with Crippen LogP contribution in [0.5, 0.6) is 0 Å². The second-order valence-corrected chi connectivity index (χ2v) is 1.72. The third-order valence-electron chi connectivity index (χ3n) is 0.200. The van der Waals surface area contributed by atoms with Crippen molar-refractivity contribution < 1.29 is 91.7 Å². The fourth-order valence-corrected chi connectivity index (χ4v) is 0.0552. The van der Waals surface area contributed by atoms with Crippen LogP contribution in [-0.2, 0) is 14.4 Å². The van der Waals surface area contributed by atoms with Crippen LogP contribution in [0.2, 0.25) is 0 Å². The van der Waals surface area contributed by atoms with E-state index in [1.165, 1.54) is 0 Å². The zero-order valence-electron chi connectivity index (χ0n) is 11.6. The molecule has 0 atom stereocenters. The molecule has 10 heteroatoms. The van der Waals surface area contributed by atoms with Crippen molar-refractivity contribution in [2.75, 3.05) is 6.54 Å². The molecule has 0 fully saturated rings. The molecule has 86 valence electrons. The fraction of sp³-hybridized carbons (Fsp3) is 0.500. The van der Waals surface area contributed by atoms with E-state index in [0.717, 1.165) is 13.8 Å². The summed E-state index contributed by atoms with van der Waals surface area (Å²) >= 11 is 0. The zero-order chi connectivity index (χ0) is 12.1. The number of nitrogens with zero attached hydrogens (tertiary/aromatic N) is 1. The van der Waals surface area contributed by atoms with Crippen molar-refractivity contribution in [3.8, 4) is 0 Å². The first-order chi connectivity index (χ1) is 6.23. The van der Waals surface area contributed by atoms with Crippen LogP contribution in [-0.4, -0.2) is 39.8 Å². The first-order valence-electron chi connectivity index (χ1n) is 3.14. The van der Waals surface area contributed by atoms with E-state index in [9.17, 15) is 4.79 Å². The van der Waals surface area contributed by atoms with Gasteiger partial charge in [-0.25, -0.2) is 0 Å². The van der Waals surface area contributed by atoms with E-state index in [-0.39, 0.29) is 62.0 Å². The van der Waals surface area contributed by atoms with E-state index in [1.807, 2.05) is 0 Å². The number of nitroso groups, excluding NO2 is 1. The molecule has 0 aliphatic heterocycles. The Hall–Kier alpha value is 0.0100. The van der Waals surface area contributed by atoms with E-state index >= 15 is 0 Å². The van der Waals surface area contributed by atoms with E-state index in [2.05, 4.69) is 5.18 Å². The van der Waals surface area contributed by atoms with Crippen LogP contribution >= 0.6 is 0 Å². The van der Waals surface area contributed by atoms with Gasteiger partial charge in [-0.3, -0.25) is 14.4 Å². The summed E-state index contributed by atoms with van der Waals surface area (Å²) in [4.78, 5) is 36.3. The topological polar surface area (TPSA) is 141 Å². The molecule has 0 aromatic heterocycles. The first kappa shape index (κ1) is 29.8. The Bertz CT molecular complexity index is 198. The molecule has 0 spiro atoms. The summed E-state index contributed by atoms with van der Waals surface area (Å²) in [5.74, 6) is -2.86. The van der Waals surface area contributed by atoms with E-state index in [0.29, 0.717) is 0 Å². The Morgan fingerprint density at radius 3 is 1.19 bits per heavy atom. The van der Waals surface area contributed by atoms with Gasteiger partial charge in [-0.15, -0.1) is 0 Å². The van der Waals surface area contributed by atoms with Gasteiger partial charge in [-0.05, 0) is 0 Å². The quantitative estimate of drug-likeness (QED) is 0.330. The van der Waals surface area contributed by atoms with Crippen molar-refractivity contribution in [2.45, 2.75) is 13.8 Å². The van der Waals surface area contributed by atoms with Gasteiger partial charge in [0.2, 0.25) is 0 Å². The number of carbonyl (C=O) groups is 3. The van der Waals surface area contributed by atoms with Crippen molar-refractivity contribution >= 4 is 17.9 Å². The van der Waals surface area contributed by atoms with Crippen molar-refractivity contribution in [3.05, 3.63) is 4.91 Å². The number of rotatable bonds is 2. The third kappa shape index (κ3) is 262. The second-order valence-electron chi connectivity index (χ2n) is 1.72. The number of carboxylic acids is 3. The summed E-state index contributed by atoms with van der Waals surface area (Å²) in [5.41, 5.74) is 0. The molecular weight excluding hydrogens is 244 g/mol. The minimum Gasteiger partial charge on any atom is -1.00 e. The Morgan fingerprint density at radius 2 is 1.19 bits per heavy atom. The molecule has 0 bridgehead atoms. The average molecular weight is 257 g/mol. The summed E-state index contributed by atoms with van der Waals surface area (Å²) in [5, 5.41) is 24.5. The van der Waals surface area contributed by atoms with Gasteiger partial charge >= 0.3 is 65.1 Å². The first-order valence-corrected chi connectivity index (χ1v) is 3.14. The van der Waals surface area contributed by atoms with Crippen molar-refractivity contribution in [1.82, 2.24) is 0 Å². The van der Waals surface area contributed by atoms with Gasteiger partial charge in [-0.2, -0.15) is 4.91 Å². The maximum absolute atomic E-state index is 9.31. The van der Waals surface area contributed by atoms with Crippen LogP contribution in [0.4, 0.5) is 0 Å². The van der Waals surface area contributed by atoms with Gasteiger partial charge in [0.15, 0.2) is 6.54 Å². The molecule has 3 N–H and O–H groups in total. The minimum absolute atomic E-state index is 0. The monoisotopic (exact) mass is 257 g/mol. The number of hydrogen-bond acceptors (Lipinski definition) is 5. The van der Waals surface area contributed by atoms with E-state index < -0.39 is 24.5 Å². The average Bonchev–Trinajstić information content (AvgIpc) is 1.82. The zero-order valence-corrected chi connectivity index (χ0v) is 13.6. The predicted molar refractivity (Wildman–Crippen MR) is 47.1 cm³/mol. The number of aliphatic carboxylic acids is 3. The molecule has 0 aromatic rings. The predicted octanol–water partition coefficient (Wildman–Crippen LogP) is -5.75. The SMILES string of the molecule is CC(=O)O.CC(=O)O.O=NCC(=O)O.[H-].[H-].[Na+].[Na+].